The first-order valence-electron chi connectivity index (χ1n) is 10.3. The third kappa shape index (κ3) is 4.10. The van der Waals surface area contributed by atoms with Crippen LogP contribution in [0.5, 0.6) is 0 Å². The van der Waals surface area contributed by atoms with E-state index in [1.165, 1.54) is 24.2 Å². The van der Waals surface area contributed by atoms with Crippen molar-refractivity contribution in [2.75, 3.05) is 13.1 Å². The summed E-state index contributed by atoms with van der Waals surface area (Å²) >= 11 is 1.53. The van der Waals surface area contributed by atoms with E-state index in [1.807, 2.05) is 6.92 Å². The van der Waals surface area contributed by atoms with E-state index in [1.54, 1.807) is 0 Å². The van der Waals surface area contributed by atoms with Gasteiger partial charge in [0.05, 0.1) is 11.5 Å². The molecule has 0 aromatic carbocycles. The second-order valence-corrected chi connectivity index (χ2v) is 9.29. The van der Waals surface area contributed by atoms with E-state index >= 15 is 0 Å². The largest absolute Gasteiger partial charge is 0.356 e. The van der Waals surface area contributed by atoms with Gasteiger partial charge >= 0.3 is 0 Å². The van der Waals surface area contributed by atoms with Gasteiger partial charge in [0, 0.05) is 35.2 Å². The molecule has 2 amide bonds. The molecule has 2 fully saturated rings. The van der Waals surface area contributed by atoms with Crippen LogP contribution >= 0.6 is 11.3 Å². The number of carbonyl (C=O) groups excluding carboxylic acids is 3. The van der Waals surface area contributed by atoms with Crippen LogP contribution in [0.25, 0.3) is 0 Å². The van der Waals surface area contributed by atoms with Crippen molar-refractivity contribution in [2.24, 2.45) is 11.8 Å². The van der Waals surface area contributed by atoms with Gasteiger partial charge in [-0.15, -0.1) is 11.3 Å². The summed E-state index contributed by atoms with van der Waals surface area (Å²) in [4.78, 5) is 39.9. The average molecular weight is 389 g/mol. The van der Waals surface area contributed by atoms with Crippen LogP contribution in [-0.2, 0) is 22.4 Å². The molecular weight excluding hydrogens is 360 g/mol. The van der Waals surface area contributed by atoms with Crippen molar-refractivity contribution in [2.45, 2.75) is 64.2 Å². The molecule has 0 aliphatic heterocycles. The standard InChI is InChI=1S/C21H28N2O3S/c1-2-22-20(25)15-5-3-4-14-18(21(26)23-11-12-6-7-12)17(27-19(14)15)10-16(24)13-8-9-13/h12-13,15H,2-11H2,1H3,(H,22,25)(H,23,26). The van der Waals surface area contributed by atoms with Crippen LogP contribution in [0.1, 0.15) is 77.0 Å². The SMILES string of the molecule is CCNC(=O)C1CCCc2c1sc(CC(=O)C1CC1)c2C(=O)NCC1CC1. The van der Waals surface area contributed by atoms with Gasteiger partial charge in [-0.25, -0.2) is 0 Å². The summed E-state index contributed by atoms with van der Waals surface area (Å²) in [5.41, 5.74) is 1.73. The minimum Gasteiger partial charge on any atom is -0.356 e. The molecule has 2 saturated carbocycles. The van der Waals surface area contributed by atoms with Crippen molar-refractivity contribution in [3.63, 3.8) is 0 Å². The first-order chi connectivity index (χ1) is 13.1. The third-order valence-electron chi connectivity index (χ3n) is 5.86. The Morgan fingerprint density at radius 1 is 1.07 bits per heavy atom. The number of carbonyl (C=O) groups is 3. The van der Waals surface area contributed by atoms with Crippen molar-refractivity contribution in [1.82, 2.24) is 10.6 Å². The molecule has 3 aliphatic rings. The van der Waals surface area contributed by atoms with Crippen molar-refractivity contribution in [3.8, 4) is 0 Å². The molecule has 1 unspecified atom stereocenters. The molecule has 27 heavy (non-hydrogen) atoms. The molecule has 3 aliphatic carbocycles. The van der Waals surface area contributed by atoms with Gasteiger partial charge in [-0.1, -0.05) is 0 Å². The van der Waals surface area contributed by atoms with Gasteiger partial charge in [0.1, 0.15) is 5.78 Å². The van der Waals surface area contributed by atoms with Crippen LogP contribution < -0.4 is 10.6 Å². The Bertz CT molecular complexity index is 762. The Balaban J connectivity index is 1.64. The highest BCUT2D eigenvalue weighted by Gasteiger charge is 2.36. The number of fused-ring (bicyclic) bond motifs is 1. The molecule has 4 rings (SSSR count). The molecule has 0 bridgehead atoms. The number of rotatable bonds is 8. The fourth-order valence-electron chi connectivity index (χ4n) is 3.97. The molecule has 2 N–H and O–H groups in total. The molecule has 6 heteroatoms. The lowest BCUT2D eigenvalue weighted by Crippen LogP contribution is -2.31. The lowest BCUT2D eigenvalue weighted by molar-refractivity contribution is -0.122. The highest BCUT2D eigenvalue weighted by atomic mass is 32.1. The topological polar surface area (TPSA) is 75.3 Å². The Kier molecular flexibility index (Phi) is 5.35. The lowest BCUT2D eigenvalue weighted by Gasteiger charge is -2.22. The monoisotopic (exact) mass is 388 g/mol. The van der Waals surface area contributed by atoms with E-state index < -0.39 is 0 Å². The average Bonchev–Trinajstić information content (AvgIpc) is 3.55. The number of amides is 2. The van der Waals surface area contributed by atoms with Gasteiger partial charge < -0.3 is 10.6 Å². The summed E-state index contributed by atoms with van der Waals surface area (Å²) in [7, 11) is 0. The number of thiophene rings is 1. The predicted octanol–water partition coefficient (Wildman–Crippen LogP) is 2.97. The highest BCUT2D eigenvalue weighted by Crippen LogP contribution is 2.42. The second kappa shape index (κ2) is 7.74. The normalized spacial score (nSPS) is 21.4. The number of hydrogen-bond donors (Lipinski definition) is 2. The van der Waals surface area contributed by atoms with Crippen LogP contribution in [0, 0.1) is 11.8 Å². The second-order valence-electron chi connectivity index (χ2n) is 8.15. The molecule has 1 atom stereocenters. The van der Waals surface area contributed by atoms with Gasteiger partial charge in [-0.2, -0.15) is 0 Å². The number of likely N-dealkylation sites (N-methyl/N-ethyl adjacent to an activating group) is 1. The van der Waals surface area contributed by atoms with Crippen molar-refractivity contribution < 1.29 is 14.4 Å². The molecule has 5 nitrogen and oxygen atoms in total. The van der Waals surface area contributed by atoms with Gasteiger partial charge in [-0.3, -0.25) is 14.4 Å². The smallest absolute Gasteiger partial charge is 0.252 e. The fourth-order valence-corrected chi connectivity index (χ4v) is 5.46. The fraction of sp³-hybridized carbons (Fsp3) is 0.667. The number of hydrogen-bond acceptors (Lipinski definition) is 4. The zero-order valence-corrected chi connectivity index (χ0v) is 16.8. The van der Waals surface area contributed by atoms with E-state index in [-0.39, 0.29) is 29.4 Å². The minimum absolute atomic E-state index is 0.0460. The zero-order chi connectivity index (χ0) is 19.0. The van der Waals surface area contributed by atoms with E-state index in [4.69, 9.17) is 0 Å². The van der Waals surface area contributed by atoms with Gasteiger partial charge in [0.2, 0.25) is 5.91 Å². The molecular formula is C21H28N2O3S. The maximum Gasteiger partial charge on any atom is 0.252 e. The van der Waals surface area contributed by atoms with Crippen LogP contribution in [0.15, 0.2) is 0 Å². The van der Waals surface area contributed by atoms with Gasteiger partial charge in [0.25, 0.3) is 5.91 Å². The molecule has 146 valence electrons. The number of ketones is 1. The maximum atomic E-state index is 13.0. The van der Waals surface area contributed by atoms with Crippen molar-refractivity contribution in [3.05, 3.63) is 20.9 Å². The molecule has 0 spiro atoms. The van der Waals surface area contributed by atoms with Crippen LogP contribution in [0.4, 0.5) is 0 Å². The lowest BCUT2D eigenvalue weighted by atomic mass is 9.86. The summed E-state index contributed by atoms with van der Waals surface area (Å²) in [6.45, 7) is 3.25. The van der Waals surface area contributed by atoms with Crippen LogP contribution in [0.3, 0.4) is 0 Å². The maximum absolute atomic E-state index is 13.0. The first-order valence-corrected chi connectivity index (χ1v) is 11.1. The quantitative estimate of drug-likeness (QED) is 0.719. The third-order valence-corrected chi connectivity index (χ3v) is 7.20. The van der Waals surface area contributed by atoms with Crippen molar-refractivity contribution in [1.29, 1.82) is 0 Å². The predicted molar refractivity (Wildman–Crippen MR) is 105 cm³/mol. The summed E-state index contributed by atoms with van der Waals surface area (Å²) in [6, 6.07) is 0. The van der Waals surface area contributed by atoms with E-state index in [9.17, 15) is 14.4 Å². The number of nitrogens with one attached hydrogen (secondary N) is 2. The Labute approximate surface area is 164 Å². The summed E-state index contributed by atoms with van der Waals surface area (Å²) in [5, 5.41) is 6.01. The minimum atomic E-state index is -0.182. The zero-order valence-electron chi connectivity index (χ0n) is 15.9. The summed E-state index contributed by atoms with van der Waals surface area (Å²) in [6.07, 6.45) is 7.23. The van der Waals surface area contributed by atoms with E-state index in [0.717, 1.165) is 54.0 Å². The summed E-state index contributed by atoms with van der Waals surface area (Å²) < 4.78 is 0. The first kappa shape index (κ1) is 18.7. The molecule has 1 aromatic rings. The van der Waals surface area contributed by atoms with E-state index in [2.05, 4.69) is 10.6 Å². The van der Waals surface area contributed by atoms with Crippen LogP contribution in [0.2, 0.25) is 0 Å². The molecule has 0 radical (unpaired) electrons. The summed E-state index contributed by atoms with van der Waals surface area (Å²) in [5.74, 6) is 0.867. The Morgan fingerprint density at radius 2 is 1.85 bits per heavy atom. The molecule has 0 saturated heterocycles. The van der Waals surface area contributed by atoms with Gasteiger partial charge in [-0.05, 0) is 63.4 Å². The Hall–Kier alpha value is -1.69. The highest BCUT2D eigenvalue weighted by molar-refractivity contribution is 7.13. The van der Waals surface area contributed by atoms with Gasteiger partial charge in [0.15, 0.2) is 0 Å². The molecule has 1 aromatic heterocycles. The van der Waals surface area contributed by atoms with Crippen molar-refractivity contribution >= 4 is 28.9 Å². The number of Topliss-reactive ketones (excluding diaryl/α,β-unsaturated/α-hetero) is 1. The molecule has 1 heterocycles. The van der Waals surface area contributed by atoms with Crippen LogP contribution in [-0.4, -0.2) is 30.7 Å². The Morgan fingerprint density at radius 3 is 2.52 bits per heavy atom. The van der Waals surface area contributed by atoms with E-state index in [0.29, 0.717) is 24.4 Å².